The molecule has 3 heterocycles. The van der Waals surface area contributed by atoms with Crippen LogP contribution >= 0.6 is 11.3 Å². The number of ether oxygens (including phenoxy) is 1. The minimum absolute atomic E-state index is 0.0344. The molecule has 2 aromatic carbocycles. The molecule has 9 heteroatoms. The van der Waals surface area contributed by atoms with Crippen molar-refractivity contribution in [3.8, 4) is 5.75 Å². The molecular weight excluding hydrogens is 500 g/mol. The molecule has 38 heavy (non-hydrogen) atoms. The summed E-state index contributed by atoms with van der Waals surface area (Å²) in [4.78, 5) is 47.2. The third kappa shape index (κ3) is 5.43. The van der Waals surface area contributed by atoms with Gasteiger partial charge in [0.05, 0.1) is 6.04 Å². The third-order valence-corrected chi connectivity index (χ3v) is 8.05. The van der Waals surface area contributed by atoms with Crippen LogP contribution in [0.1, 0.15) is 58.5 Å². The molecule has 8 nitrogen and oxygen atoms in total. The summed E-state index contributed by atoms with van der Waals surface area (Å²) in [5.41, 5.74) is 3.80. The molecule has 0 radical (unpaired) electrons. The standard InChI is InChI=1S/C29H32N4O4S/c1-3-27(35)33-12-11-21-9-10-23(17-24(21)28(33)22-7-5-4-6-8-22)37-18-26-30-25(19-38-26)29(36)32-15-13-31(14-16-32)20(2)34/h4-10,17,19,28H,3,11-16,18H2,1-2H3. The molecule has 1 saturated heterocycles. The maximum Gasteiger partial charge on any atom is 0.273 e. The van der Waals surface area contributed by atoms with E-state index in [2.05, 4.69) is 23.2 Å². The minimum Gasteiger partial charge on any atom is -0.486 e. The molecule has 3 aromatic rings. The maximum absolute atomic E-state index is 12.9. The fraction of sp³-hybridized carbons (Fsp3) is 0.379. The first-order valence-electron chi connectivity index (χ1n) is 13.0. The van der Waals surface area contributed by atoms with Crippen LogP contribution in [0, 0.1) is 0 Å². The summed E-state index contributed by atoms with van der Waals surface area (Å²) in [6.07, 6.45) is 1.27. The summed E-state index contributed by atoms with van der Waals surface area (Å²) < 4.78 is 6.12. The van der Waals surface area contributed by atoms with E-state index >= 15 is 0 Å². The third-order valence-electron chi connectivity index (χ3n) is 7.23. The molecular formula is C29H32N4O4S. The highest BCUT2D eigenvalue weighted by atomic mass is 32.1. The van der Waals surface area contributed by atoms with Crippen LogP contribution in [0.25, 0.3) is 0 Å². The van der Waals surface area contributed by atoms with E-state index in [0.717, 1.165) is 22.6 Å². The van der Waals surface area contributed by atoms with Crippen molar-refractivity contribution >= 4 is 29.1 Å². The molecule has 0 spiro atoms. The van der Waals surface area contributed by atoms with Crippen LogP contribution in [0.4, 0.5) is 0 Å². The molecule has 1 atom stereocenters. The zero-order chi connectivity index (χ0) is 26.6. The van der Waals surface area contributed by atoms with Gasteiger partial charge in [-0.15, -0.1) is 11.3 Å². The van der Waals surface area contributed by atoms with Crippen LogP contribution in [0.5, 0.6) is 5.75 Å². The second-order valence-electron chi connectivity index (χ2n) is 9.58. The Morgan fingerprint density at radius 2 is 1.74 bits per heavy atom. The Bertz CT molecular complexity index is 1320. The number of aromatic nitrogens is 1. The van der Waals surface area contributed by atoms with Gasteiger partial charge in [0, 0.05) is 51.4 Å². The quantitative estimate of drug-likeness (QED) is 0.481. The number of fused-ring (bicyclic) bond motifs is 1. The second kappa shape index (κ2) is 11.3. The van der Waals surface area contributed by atoms with Crippen molar-refractivity contribution < 1.29 is 19.1 Å². The lowest BCUT2D eigenvalue weighted by molar-refractivity contribution is -0.133. The summed E-state index contributed by atoms with van der Waals surface area (Å²) in [6, 6.07) is 16.1. The lowest BCUT2D eigenvalue weighted by atomic mass is 9.87. The van der Waals surface area contributed by atoms with Gasteiger partial charge in [0.1, 0.15) is 23.1 Å². The molecule has 1 fully saturated rings. The average molecular weight is 533 g/mol. The van der Waals surface area contributed by atoms with Crippen LogP contribution in [0.3, 0.4) is 0 Å². The Labute approximate surface area is 226 Å². The summed E-state index contributed by atoms with van der Waals surface area (Å²) >= 11 is 1.40. The fourth-order valence-electron chi connectivity index (χ4n) is 5.16. The molecule has 2 aliphatic rings. The lowest BCUT2D eigenvalue weighted by Crippen LogP contribution is -2.50. The summed E-state index contributed by atoms with van der Waals surface area (Å²) in [7, 11) is 0. The zero-order valence-corrected chi connectivity index (χ0v) is 22.6. The molecule has 0 saturated carbocycles. The van der Waals surface area contributed by atoms with E-state index in [1.54, 1.807) is 22.1 Å². The van der Waals surface area contributed by atoms with Gasteiger partial charge < -0.3 is 19.4 Å². The van der Waals surface area contributed by atoms with Crippen LogP contribution < -0.4 is 4.74 Å². The van der Waals surface area contributed by atoms with Gasteiger partial charge in [-0.3, -0.25) is 14.4 Å². The monoisotopic (exact) mass is 532 g/mol. The number of benzene rings is 2. The van der Waals surface area contributed by atoms with Crippen molar-refractivity contribution in [1.82, 2.24) is 19.7 Å². The van der Waals surface area contributed by atoms with Crippen LogP contribution in [-0.4, -0.2) is 70.1 Å². The molecule has 1 aromatic heterocycles. The van der Waals surface area contributed by atoms with Gasteiger partial charge in [-0.05, 0) is 35.2 Å². The Morgan fingerprint density at radius 3 is 2.45 bits per heavy atom. The van der Waals surface area contributed by atoms with E-state index in [4.69, 9.17) is 4.74 Å². The Morgan fingerprint density at radius 1 is 1.00 bits per heavy atom. The van der Waals surface area contributed by atoms with E-state index < -0.39 is 0 Å². The van der Waals surface area contributed by atoms with Crippen molar-refractivity contribution in [2.75, 3.05) is 32.7 Å². The van der Waals surface area contributed by atoms with Crippen molar-refractivity contribution in [2.45, 2.75) is 39.3 Å². The number of amides is 3. The van der Waals surface area contributed by atoms with Crippen LogP contribution in [-0.2, 0) is 22.6 Å². The van der Waals surface area contributed by atoms with Crippen LogP contribution in [0.2, 0.25) is 0 Å². The Hall–Kier alpha value is -3.72. The van der Waals surface area contributed by atoms with Gasteiger partial charge >= 0.3 is 0 Å². The predicted octanol–water partition coefficient (Wildman–Crippen LogP) is 3.91. The average Bonchev–Trinajstić information content (AvgIpc) is 3.44. The Kier molecular flexibility index (Phi) is 7.74. The fourth-order valence-corrected chi connectivity index (χ4v) is 5.84. The highest BCUT2D eigenvalue weighted by Crippen LogP contribution is 2.37. The van der Waals surface area contributed by atoms with Gasteiger partial charge in [0.15, 0.2) is 0 Å². The van der Waals surface area contributed by atoms with Crippen molar-refractivity contribution in [1.29, 1.82) is 0 Å². The number of carbonyl (C=O) groups excluding carboxylic acids is 3. The highest BCUT2D eigenvalue weighted by molar-refractivity contribution is 7.09. The second-order valence-corrected chi connectivity index (χ2v) is 10.5. The molecule has 5 rings (SSSR count). The first-order valence-corrected chi connectivity index (χ1v) is 13.9. The van der Waals surface area contributed by atoms with Gasteiger partial charge in [0.2, 0.25) is 11.8 Å². The summed E-state index contributed by atoms with van der Waals surface area (Å²) in [6.45, 7) is 6.51. The largest absolute Gasteiger partial charge is 0.486 e. The molecule has 0 aliphatic carbocycles. The van der Waals surface area contributed by atoms with Gasteiger partial charge in [-0.25, -0.2) is 4.98 Å². The smallest absolute Gasteiger partial charge is 0.273 e. The minimum atomic E-state index is -0.150. The van der Waals surface area contributed by atoms with Gasteiger partial charge in [-0.2, -0.15) is 0 Å². The first kappa shape index (κ1) is 25.9. The lowest BCUT2D eigenvalue weighted by Gasteiger charge is -2.38. The molecule has 2 aliphatic heterocycles. The molecule has 0 bridgehead atoms. The Balaban J connectivity index is 1.28. The molecule has 198 valence electrons. The van der Waals surface area contributed by atoms with Gasteiger partial charge in [-0.1, -0.05) is 43.3 Å². The first-order chi connectivity index (χ1) is 18.4. The molecule has 0 N–H and O–H groups in total. The van der Waals surface area contributed by atoms with E-state index in [1.165, 1.54) is 16.9 Å². The normalized spacial score (nSPS) is 17.2. The van der Waals surface area contributed by atoms with Crippen molar-refractivity contribution in [3.63, 3.8) is 0 Å². The van der Waals surface area contributed by atoms with E-state index in [9.17, 15) is 14.4 Å². The molecule has 3 amide bonds. The zero-order valence-electron chi connectivity index (χ0n) is 21.8. The number of rotatable bonds is 6. The van der Waals surface area contributed by atoms with E-state index in [0.29, 0.717) is 50.6 Å². The highest BCUT2D eigenvalue weighted by Gasteiger charge is 2.31. The SMILES string of the molecule is CCC(=O)N1CCc2ccc(OCc3nc(C(=O)N4CCN(C(C)=O)CC4)cs3)cc2C1c1ccccc1. The number of hydrogen-bond donors (Lipinski definition) is 0. The van der Waals surface area contributed by atoms with Crippen molar-refractivity contribution in [3.05, 3.63) is 81.3 Å². The number of carbonyl (C=O) groups is 3. The van der Waals surface area contributed by atoms with E-state index in [1.807, 2.05) is 42.2 Å². The predicted molar refractivity (Wildman–Crippen MR) is 145 cm³/mol. The van der Waals surface area contributed by atoms with E-state index in [-0.39, 0.29) is 30.4 Å². The number of nitrogens with zero attached hydrogens (tertiary/aromatic N) is 4. The summed E-state index contributed by atoms with van der Waals surface area (Å²) in [5, 5.41) is 2.49. The topological polar surface area (TPSA) is 83.1 Å². The molecule has 1 unspecified atom stereocenters. The summed E-state index contributed by atoms with van der Waals surface area (Å²) in [5.74, 6) is 0.764. The maximum atomic E-state index is 12.9. The number of piperazine rings is 1. The van der Waals surface area contributed by atoms with Crippen molar-refractivity contribution in [2.24, 2.45) is 0 Å². The number of hydrogen-bond acceptors (Lipinski definition) is 6. The number of thiazole rings is 1. The van der Waals surface area contributed by atoms with Crippen LogP contribution in [0.15, 0.2) is 53.9 Å². The van der Waals surface area contributed by atoms with Gasteiger partial charge in [0.25, 0.3) is 5.91 Å².